The van der Waals surface area contributed by atoms with Gasteiger partial charge in [-0.15, -0.1) is 11.3 Å². The lowest BCUT2D eigenvalue weighted by Crippen LogP contribution is -2.39. The molecule has 2 aliphatic carbocycles. The molecule has 0 radical (unpaired) electrons. The fourth-order valence-electron chi connectivity index (χ4n) is 6.36. The second-order valence-corrected chi connectivity index (χ2v) is 10.6. The fourth-order valence-corrected chi connectivity index (χ4v) is 7.76. The summed E-state index contributed by atoms with van der Waals surface area (Å²) in [5.41, 5.74) is 1.68. The first-order valence-electron chi connectivity index (χ1n) is 11.6. The number of anilines is 1. The molecular weight excluding hydrogens is 400 g/mol. The van der Waals surface area contributed by atoms with E-state index in [-0.39, 0.29) is 47.8 Å². The molecule has 3 saturated heterocycles. The normalized spacial score (nSPS) is 33.1. The van der Waals surface area contributed by atoms with Crippen molar-refractivity contribution in [2.24, 2.45) is 11.8 Å². The molecular formula is C23H28N2O4S. The number of carbonyl (C=O) groups excluding carboxylic acids is 3. The smallest absolute Gasteiger partial charge is 0.254 e. The number of hydrogen-bond acceptors (Lipinski definition) is 5. The van der Waals surface area contributed by atoms with Gasteiger partial charge in [0.2, 0.25) is 11.8 Å². The van der Waals surface area contributed by atoms with Gasteiger partial charge in [-0.05, 0) is 56.9 Å². The molecule has 0 aromatic carbocycles. The van der Waals surface area contributed by atoms with Gasteiger partial charge in [0.15, 0.2) is 0 Å². The Morgan fingerprint density at radius 2 is 1.57 bits per heavy atom. The van der Waals surface area contributed by atoms with Gasteiger partial charge < -0.3 is 10.1 Å². The third kappa shape index (κ3) is 2.74. The molecule has 30 heavy (non-hydrogen) atoms. The summed E-state index contributed by atoms with van der Waals surface area (Å²) >= 11 is 1.50. The Hall–Kier alpha value is -1.73. The highest BCUT2D eigenvalue weighted by atomic mass is 32.1. The number of aryl methyl sites for hydroxylation is 1. The minimum absolute atomic E-state index is 0.0896. The van der Waals surface area contributed by atoms with Gasteiger partial charge in [0.1, 0.15) is 5.00 Å². The Labute approximate surface area is 180 Å². The van der Waals surface area contributed by atoms with E-state index < -0.39 is 0 Å². The molecule has 1 aromatic rings. The van der Waals surface area contributed by atoms with Crippen molar-refractivity contribution < 1.29 is 19.1 Å². The zero-order chi connectivity index (χ0) is 20.4. The quantitative estimate of drug-likeness (QED) is 0.749. The first-order chi connectivity index (χ1) is 14.6. The number of nitrogens with one attached hydrogen (secondary N) is 1. The minimum atomic E-state index is -0.357. The number of hydrogen-bond donors (Lipinski definition) is 1. The van der Waals surface area contributed by atoms with Crippen molar-refractivity contribution >= 4 is 34.1 Å². The van der Waals surface area contributed by atoms with Gasteiger partial charge in [-0.1, -0.05) is 19.3 Å². The van der Waals surface area contributed by atoms with Gasteiger partial charge in [-0.3, -0.25) is 14.4 Å². The molecule has 1 aromatic heterocycles. The number of amides is 3. The molecule has 1 N–H and O–H groups in total. The van der Waals surface area contributed by atoms with Crippen molar-refractivity contribution in [1.82, 2.24) is 5.32 Å². The topological polar surface area (TPSA) is 75.7 Å². The summed E-state index contributed by atoms with van der Waals surface area (Å²) in [5, 5.41) is 3.82. The van der Waals surface area contributed by atoms with Gasteiger partial charge in [0, 0.05) is 10.9 Å². The van der Waals surface area contributed by atoms with Crippen LogP contribution in [0.25, 0.3) is 0 Å². The summed E-state index contributed by atoms with van der Waals surface area (Å²) in [4.78, 5) is 42.7. The molecule has 6 rings (SSSR count). The van der Waals surface area contributed by atoms with E-state index in [1.807, 2.05) is 0 Å². The molecule has 0 unspecified atom stereocenters. The van der Waals surface area contributed by atoms with Gasteiger partial charge >= 0.3 is 0 Å². The maximum absolute atomic E-state index is 13.4. The maximum Gasteiger partial charge on any atom is 0.254 e. The van der Waals surface area contributed by atoms with Gasteiger partial charge in [0.05, 0.1) is 29.6 Å². The Balaban J connectivity index is 1.37. The maximum atomic E-state index is 13.4. The average Bonchev–Trinajstić information content (AvgIpc) is 3.50. The van der Waals surface area contributed by atoms with Crippen molar-refractivity contribution in [3.05, 3.63) is 16.0 Å². The van der Waals surface area contributed by atoms with Crippen LogP contribution in [0, 0.1) is 11.8 Å². The molecule has 6 nitrogen and oxygen atoms in total. The highest BCUT2D eigenvalue weighted by molar-refractivity contribution is 7.17. The first-order valence-corrected chi connectivity index (χ1v) is 12.4. The molecule has 4 fully saturated rings. The van der Waals surface area contributed by atoms with E-state index in [1.54, 1.807) is 0 Å². The third-order valence-electron chi connectivity index (χ3n) is 7.81. The average molecular weight is 429 g/mol. The summed E-state index contributed by atoms with van der Waals surface area (Å²) in [7, 11) is 0. The summed E-state index contributed by atoms with van der Waals surface area (Å²) in [6.45, 7) is 0. The lowest BCUT2D eigenvalue weighted by atomic mass is 9.81. The third-order valence-corrected chi connectivity index (χ3v) is 9.08. The molecule has 2 bridgehead atoms. The first kappa shape index (κ1) is 19.0. The van der Waals surface area contributed by atoms with Crippen LogP contribution in [0.1, 0.15) is 78.6 Å². The summed E-state index contributed by atoms with van der Waals surface area (Å²) in [6.07, 6.45) is 10.9. The Bertz CT molecular complexity index is 891. The monoisotopic (exact) mass is 428 g/mol. The van der Waals surface area contributed by atoms with Gasteiger partial charge in [0.25, 0.3) is 5.91 Å². The number of fused-ring (bicyclic) bond motifs is 6. The van der Waals surface area contributed by atoms with E-state index in [0.717, 1.165) is 69.8 Å². The molecule has 4 heterocycles. The molecule has 3 aliphatic heterocycles. The van der Waals surface area contributed by atoms with E-state index in [4.69, 9.17) is 4.74 Å². The zero-order valence-corrected chi connectivity index (χ0v) is 18.0. The number of rotatable bonds is 3. The standard InChI is InChI=1S/C23H28N2O4S/c26-20(24-12-6-2-1-3-7-12)17-13-8-4-5-9-16(13)30-23(17)25-21(27)18-14-10-11-15(29-14)19(18)22(25)28/h12,14-15,18-19H,1-11H2,(H,24,26)/t14-,15+,18-,19+. The van der Waals surface area contributed by atoms with E-state index in [1.165, 1.54) is 27.5 Å². The summed E-state index contributed by atoms with van der Waals surface area (Å²) in [6, 6.07) is 0.201. The number of ether oxygens (including phenoxy) is 1. The van der Waals surface area contributed by atoms with Gasteiger partial charge in [-0.2, -0.15) is 0 Å². The van der Waals surface area contributed by atoms with Crippen LogP contribution in [0.15, 0.2) is 0 Å². The van der Waals surface area contributed by atoms with E-state index >= 15 is 0 Å². The van der Waals surface area contributed by atoms with Crippen molar-refractivity contribution in [2.75, 3.05) is 4.90 Å². The summed E-state index contributed by atoms with van der Waals surface area (Å²) in [5.74, 6) is -1.10. The van der Waals surface area contributed by atoms with Crippen LogP contribution in [0.4, 0.5) is 5.00 Å². The van der Waals surface area contributed by atoms with Crippen molar-refractivity contribution in [1.29, 1.82) is 0 Å². The van der Waals surface area contributed by atoms with Crippen LogP contribution in [0.3, 0.4) is 0 Å². The Morgan fingerprint density at radius 1 is 0.900 bits per heavy atom. The SMILES string of the molecule is O=C(NC1CCCCC1)c1c(N2C(=O)[C@@H]3[C@H](C2=O)[C@H]2CC[C@@H]3O2)sc2c1CCCC2. The predicted octanol–water partition coefficient (Wildman–Crippen LogP) is 3.36. The molecule has 4 atom stereocenters. The van der Waals surface area contributed by atoms with Crippen LogP contribution >= 0.6 is 11.3 Å². The fraction of sp³-hybridized carbons (Fsp3) is 0.696. The Kier molecular flexibility index (Phi) is 4.53. The van der Waals surface area contributed by atoms with Crippen molar-refractivity contribution in [3.8, 4) is 0 Å². The van der Waals surface area contributed by atoms with E-state index in [0.29, 0.717) is 10.6 Å². The highest BCUT2D eigenvalue weighted by Crippen LogP contribution is 2.51. The molecule has 7 heteroatoms. The number of carbonyl (C=O) groups is 3. The number of nitrogens with zero attached hydrogens (tertiary/aromatic N) is 1. The second-order valence-electron chi connectivity index (χ2n) is 9.55. The predicted molar refractivity (Wildman–Crippen MR) is 113 cm³/mol. The second kappa shape index (κ2) is 7.16. The Morgan fingerprint density at radius 3 is 2.27 bits per heavy atom. The van der Waals surface area contributed by atoms with Crippen molar-refractivity contribution in [2.45, 2.75) is 88.9 Å². The van der Waals surface area contributed by atoms with E-state index in [9.17, 15) is 14.4 Å². The number of imide groups is 1. The molecule has 3 amide bonds. The highest BCUT2D eigenvalue weighted by Gasteiger charge is 2.63. The van der Waals surface area contributed by atoms with Crippen LogP contribution in [-0.4, -0.2) is 36.0 Å². The van der Waals surface area contributed by atoms with Crippen molar-refractivity contribution in [3.63, 3.8) is 0 Å². The van der Waals surface area contributed by atoms with Crippen LogP contribution < -0.4 is 10.2 Å². The molecule has 0 spiro atoms. The molecule has 1 saturated carbocycles. The van der Waals surface area contributed by atoms with Crippen LogP contribution in [0.2, 0.25) is 0 Å². The van der Waals surface area contributed by atoms with E-state index in [2.05, 4.69) is 5.32 Å². The van der Waals surface area contributed by atoms with Gasteiger partial charge in [-0.25, -0.2) is 4.90 Å². The summed E-state index contributed by atoms with van der Waals surface area (Å²) < 4.78 is 5.88. The largest absolute Gasteiger partial charge is 0.373 e. The lowest BCUT2D eigenvalue weighted by molar-refractivity contribution is -0.124. The van der Waals surface area contributed by atoms with Crippen LogP contribution in [-0.2, 0) is 27.2 Å². The molecule has 5 aliphatic rings. The zero-order valence-electron chi connectivity index (χ0n) is 17.2. The number of thiophene rings is 1. The minimum Gasteiger partial charge on any atom is -0.373 e. The lowest BCUT2D eigenvalue weighted by Gasteiger charge is -2.24. The van der Waals surface area contributed by atoms with Crippen LogP contribution in [0.5, 0.6) is 0 Å². The molecule has 160 valence electrons.